The number of nitrogen functional groups attached to an aromatic ring is 1. The van der Waals surface area contributed by atoms with Crippen LogP contribution in [0.4, 0.5) is 10.5 Å². The summed E-state index contributed by atoms with van der Waals surface area (Å²) >= 11 is 0. The predicted molar refractivity (Wildman–Crippen MR) is 84.6 cm³/mol. The monoisotopic (exact) mass is 294 g/mol. The zero-order valence-corrected chi connectivity index (χ0v) is 13.4. The molecule has 0 spiro atoms. The van der Waals surface area contributed by atoms with Crippen molar-refractivity contribution in [2.75, 3.05) is 18.9 Å². The fourth-order valence-electron chi connectivity index (χ4n) is 1.66. The summed E-state index contributed by atoms with van der Waals surface area (Å²) in [5, 5.41) is 2.72. The first-order valence-electron chi connectivity index (χ1n) is 7.24. The number of alkyl carbamates (subject to hydrolysis) is 1. The molecule has 1 aromatic carbocycles. The Bertz CT molecular complexity index is 467. The number of anilines is 1. The summed E-state index contributed by atoms with van der Waals surface area (Å²) in [7, 11) is 0. The first-order valence-corrected chi connectivity index (χ1v) is 7.24. The zero-order valence-electron chi connectivity index (χ0n) is 13.4. The summed E-state index contributed by atoms with van der Waals surface area (Å²) in [6.07, 6.45) is 1.32. The molecule has 5 nitrogen and oxygen atoms in total. The smallest absolute Gasteiger partial charge is 0.407 e. The lowest BCUT2D eigenvalue weighted by molar-refractivity contribution is 0.0526. The Balaban J connectivity index is 2.12. The molecule has 0 aliphatic heterocycles. The fourth-order valence-corrected chi connectivity index (χ4v) is 1.66. The Morgan fingerprint density at radius 3 is 2.62 bits per heavy atom. The Hall–Kier alpha value is -1.91. The van der Waals surface area contributed by atoms with E-state index in [4.69, 9.17) is 15.2 Å². The largest absolute Gasteiger partial charge is 0.494 e. The number of nitrogens with one attached hydrogen (secondary N) is 1. The van der Waals surface area contributed by atoms with Gasteiger partial charge in [-0.15, -0.1) is 0 Å². The molecule has 0 fully saturated rings. The van der Waals surface area contributed by atoms with Crippen LogP contribution in [0.25, 0.3) is 0 Å². The highest BCUT2D eigenvalue weighted by Gasteiger charge is 2.15. The summed E-state index contributed by atoms with van der Waals surface area (Å²) in [4.78, 5) is 11.4. The molecule has 1 rings (SSSR count). The maximum Gasteiger partial charge on any atom is 0.407 e. The summed E-state index contributed by atoms with van der Waals surface area (Å²) in [6.45, 7) is 8.67. The van der Waals surface area contributed by atoms with Gasteiger partial charge in [0.05, 0.1) is 6.61 Å². The first-order chi connectivity index (χ1) is 9.78. The van der Waals surface area contributed by atoms with Crippen molar-refractivity contribution in [3.05, 3.63) is 23.8 Å². The minimum atomic E-state index is -0.458. The molecule has 0 aromatic heterocycles. The van der Waals surface area contributed by atoms with E-state index in [2.05, 4.69) is 5.32 Å². The number of carbonyl (C=O) groups excluding carboxylic acids is 1. The van der Waals surface area contributed by atoms with Crippen molar-refractivity contribution in [2.45, 2.75) is 46.1 Å². The number of rotatable bonds is 6. The van der Waals surface area contributed by atoms with Gasteiger partial charge in [-0.3, -0.25) is 0 Å². The number of amides is 1. The van der Waals surface area contributed by atoms with Gasteiger partial charge < -0.3 is 20.5 Å². The fraction of sp³-hybridized carbons (Fsp3) is 0.562. The van der Waals surface area contributed by atoms with Crippen LogP contribution in [0.3, 0.4) is 0 Å². The van der Waals surface area contributed by atoms with Gasteiger partial charge in [0.2, 0.25) is 0 Å². The van der Waals surface area contributed by atoms with Gasteiger partial charge in [0, 0.05) is 12.2 Å². The van der Waals surface area contributed by atoms with Crippen LogP contribution in [0.2, 0.25) is 0 Å². The average molecular weight is 294 g/mol. The highest BCUT2D eigenvalue weighted by molar-refractivity contribution is 5.67. The van der Waals surface area contributed by atoms with E-state index in [0.29, 0.717) is 13.2 Å². The van der Waals surface area contributed by atoms with Gasteiger partial charge >= 0.3 is 6.09 Å². The van der Waals surface area contributed by atoms with Crippen LogP contribution in [0, 0.1) is 6.92 Å². The standard InChI is InChI=1S/C16H26N2O3/c1-12-11-13(7-8-14(12)17)20-10-6-5-9-18-15(19)21-16(2,3)4/h7-8,11H,5-6,9-10,17H2,1-4H3,(H,18,19). The van der Waals surface area contributed by atoms with Crippen molar-refractivity contribution in [3.63, 3.8) is 0 Å². The Labute approximate surface area is 126 Å². The molecular formula is C16H26N2O3. The van der Waals surface area contributed by atoms with Gasteiger partial charge in [0.25, 0.3) is 0 Å². The van der Waals surface area contributed by atoms with Crippen molar-refractivity contribution >= 4 is 11.8 Å². The molecule has 21 heavy (non-hydrogen) atoms. The summed E-state index contributed by atoms with van der Waals surface area (Å²) in [5.74, 6) is 0.821. The summed E-state index contributed by atoms with van der Waals surface area (Å²) in [6, 6.07) is 5.63. The van der Waals surface area contributed by atoms with Crippen LogP contribution < -0.4 is 15.8 Å². The van der Waals surface area contributed by atoms with Gasteiger partial charge in [-0.25, -0.2) is 4.79 Å². The topological polar surface area (TPSA) is 73.6 Å². The molecule has 0 saturated carbocycles. The Kier molecular flexibility index (Phi) is 6.34. The molecule has 0 aliphatic carbocycles. The molecular weight excluding hydrogens is 268 g/mol. The maximum atomic E-state index is 11.4. The highest BCUT2D eigenvalue weighted by atomic mass is 16.6. The molecule has 0 aliphatic rings. The lowest BCUT2D eigenvalue weighted by Crippen LogP contribution is -2.33. The molecule has 0 radical (unpaired) electrons. The van der Waals surface area contributed by atoms with Gasteiger partial charge in [-0.2, -0.15) is 0 Å². The van der Waals surface area contributed by atoms with Crippen LogP contribution in [-0.2, 0) is 4.74 Å². The second-order valence-corrected chi connectivity index (χ2v) is 6.00. The molecule has 0 bridgehead atoms. The Morgan fingerprint density at radius 1 is 1.29 bits per heavy atom. The third-order valence-corrected chi connectivity index (χ3v) is 2.75. The van der Waals surface area contributed by atoms with Crippen LogP contribution >= 0.6 is 0 Å². The summed E-state index contributed by atoms with van der Waals surface area (Å²) < 4.78 is 10.8. The van der Waals surface area contributed by atoms with E-state index in [-0.39, 0.29) is 6.09 Å². The van der Waals surface area contributed by atoms with Gasteiger partial charge in [-0.05, 0) is 64.3 Å². The zero-order chi connectivity index (χ0) is 15.9. The second kappa shape index (κ2) is 7.76. The molecule has 5 heteroatoms. The lowest BCUT2D eigenvalue weighted by Gasteiger charge is -2.19. The van der Waals surface area contributed by atoms with E-state index in [9.17, 15) is 4.79 Å². The number of unbranched alkanes of at least 4 members (excludes halogenated alkanes) is 1. The molecule has 0 saturated heterocycles. The summed E-state index contributed by atoms with van der Waals surface area (Å²) in [5.41, 5.74) is 7.07. The van der Waals surface area contributed by atoms with Crippen molar-refractivity contribution in [1.82, 2.24) is 5.32 Å². The quantitative estimate of drug-likeness (QED) is 0.624. The highest BCUT2D eigenvalue weighted by Crippen LogP contribution is 2.18. The van der Waals surface area contributed by atoms with Crippen LogP contribution in [0.1, 0.15) is 39.2 Å². The number of hydrogen-bond donors (Lipinski definition) is 2. The molecule has 1 amide bonds. The molecule has 1 aromatic rings. The Morgan fingerprint density at radius 2 is 2.00 bits per heavy atom. The number of hydrogen-bond acceptors (Lipinski definition) is 4. The van der Waals surface area contributed by atoms with E-state index >= 15 is 0 Å². The number of aryl methyl sites for hydroxylation is 1. The molecule has 118 valence electrons. The van der Waals surface area contributed by atoms with Crippen LogP contribution in [0.5, 0.6) is 5.75 Å². The first kappa shape index (κ1) is 17.1. The number of nitrogens with two attached hydrogens (primary N) is 1. The predicted octanol–water partition coefficient (Wildman–Crippen LogP) is 3.26. The number of ether oxygens (including phenoxy) is 2. The third kappa shape index (κ3) is 7.44. The van der Waals surface area contributed by atoms with Crippen LogP contribution in [0.15, 0.2) is 18.2 Å². The van der Waals surface area contributed by atoms with Gasteiger partial charge in [0.15, 0.2) is 0 Å². The maximum absolute atomic E-state index is 11.4. The minimum Gasteiger partial charge on any atom is -0.494 e. The average Bonchev–Trinajstić information content (AvgIpc) is 2.35. The minimum absolute atomic E-state index is 0.377. The lowest BCUT2D eigenvalue weighted by atomic mass is 10.2. The number of benzene rings is 1. The SMILES string of the molecule is Cc1cc(OCCCCNC(=O)OC(C)(C)C)ccc1N. The van der Waals surface area contributed by atoms with Crippen molar-refractivity contribution < 1.29 is 14.3 Å². The molecule has 3 N–H and O–H groups in total. The van der Waals surface area contributed by atoms with Gasteiger partial charge in [-0.1, -0.05) is 0 Å². The van der Waals surface area contributed by atoms with Crippen molar-refractivity contribution in [3.8, 4) is 5.75 Å². The molecule has 0 heterocycles. The number of carbonyl (C=O) groups is 1. The van der Waals surface area contributed by atoms with E-state index in [0.717, 1.165) is 29.8 Å². The van der Waals surface area contributed by atoms with E-state index < -0.39 is 5.60 Å². The molecule has 0 unspecified atom stereocenters. The normalized spacial score (nSPS) is 11.0. The molecule has 0 atom stereocenters. The third-order valence-electron chi connectivity index (χ3n) is 2.75. The second-order valence-electron chi connectivity index (χ2n) is 6.00. The van der Waals surface area contributed by atoms with E-state index in [1.165, 1.54) is 0 Å². The van der Waals surface area contributed by atoms with Crippen LogP contribution in [-0.4, -0.2) is 24.8 Å². The van der Waals surface area contributed by atoms with Crippen molar-refractivity contribution in [1.29, 1.82) is 0 Å². The van der Waals surface area contributed by atoms with E-state index in [1.807, 2.05) is 45.9 Å². The van der Waals surface area contributed by atoms with Gasteiger partial charge in [0.1, 0.15) is 11.4 Å². The van der Waals surface area contributed by atoms with E-state index in [1.54, 1.807) is 0 Å². The van der Waals surface area contributed by atoms with Crippen molar-refractivity contribution in [2.24, 2.45) is 0 Å².